The second kappa shape index (κ2) is 8.70. The van der Waals surface area contributed by atoms with Crippen molar-refractivity contribution >= 4 is 39.0 Å². The van der Waals surface area contributed by atoms with Crippen LogP contribution >= 0.6 is 24.0 Å². The summed E-state index contributed by atoms with van der Waals surface area (Å²) < 4.78 is 5.94. The van der Waals surface area contributed by atoms with Crippen molar-refractivity contribution in [1.82, 2.24) is 4.90 Å². The molecule has 0 spiro atoms. The van der Waals surface area contributed by atoms with E-state index < -0.39 is 0 Å². The predicted octanol–water partition coefficient (Wildman–Crippen LogP) is 4.86. The third kappa shape index (κ3) is 4.81. The van der Waals surface area contributed by atoms with Gasteiger partial charge in [0.1, 0.15) is 4.32 Å². The molecular formula is C18H19NO2S2. The Morgan fingerprint density at radius 2 is 1.87 bits per heavy atom. The summed E-state index contributed by atoms with van der Waals surface area (Å²) in [6, 6.07) is 13.1. The van der Waals surface area contributed by atoms with Gasteiger partial charge in [0.2, 0.25) is 5.78 Å². The fourth-order valence-corrected chi connectivity index (χ4v) is 3.55. The lowest BCUT2D eigenvalue weighted by Crippen LogP contribution is -2.26. The van der Waals surface area contributed by atoms with Gasteiger partial charge in [-0.2, -0.15) is 0 Å². The maximum Gasteiger partial charge on any atom is 0.222 e. The summed E-state index contributed by atoms with van der Waals surface area (Å²) in [7, 11) is 0. The highest BCUT2D eigenvalue weighted by Gasteiger charge is 2.14. The third-order valence-electron chi connectivity index (χ3n) is 3.30. The highest BCUT2D eigenvalue weighted by atomic mass is 32.2. The van der Waals surface area contributed by atoms with E-state index >= 15 is 0 Å². The fourth-order valence-electron chi connectivity index (χ4n) is 2.02. The van der Waals surface area contributed by atoms with Gasteiger partial charge < -0.3 is 9.32 Å². The van der Waals surface area contributed by atoms with Crippen LogP contribution in [0.25, 0.3) is 4.91 Å². The minimum atomic E-state index is -0.163. The maximum atomic E-state index is 12.3. The van der Waals surface area contributed by atoms with Crippen LogP contribution in [-0.2, 0) is 0 Å². The highest BCUT2D eigenvalue weighted by Crippen LogP contribution is 2.30. The molecule has 0 fully saturated rings. The monoisotopic (exact) mass is 345 g/mol. The molecule has 0 atom stereocenters. The van der Waals surface area contributed by atoms with Crippen LogP contribution in [0.1, 0.15) is 30.0 Å². The molecule has 2 rings (SSSR count). The molecule has 3 nitrogen and oxygen atoms in total. The molecule has 1 aromatic heterocycles. The summed E-state index contributed by atoms with van der Waals surface area (Å²) in [6.07, 6.45) is 3.09. The van der Waals surface area contributed by atoms with Gasteiger partial charge in [0.25, 0.3) is 0 Å². The van der Waals surface area contributed by atoms with E-state index in [1.54, 1.807) is 18.2 Å². The Kier molecular flexibility index (Phi) is 6.62. The molecule has 0 unspecified atom stereocenters. The third-order valence-corrected chi connectivity index (χ3v) is 4.82. The van der Waals surface area contributed by atoms with Crippen LogP contribution < -0.4 is 0 Å². The lowest BCUT2D eigenvalue weighted by molar-refractivity contribution is 0.102. The highest BCUT2D eigenvalue weighted by molar-refractivity contribution is 8.29. The average Bonchev–Trinajstić information content (AvgIpc) is 3.11. The molecule has 1 aromatic carbocycles. The molecule has 0 aliphatic carbocycles. The molecule has 5 heteroatoms. The van der Waals surface area contributed by atoms with Gasteiger partial charge in [-0.25, -0.2) is 0 Å². The van der Waals surface area contributed by atoms with E-state index in [1.165, 1.54) is 18.0 Å². The van der Waals surface area contributed by atoms with Crippen molar-refractivity contribution in [1.29, 1.82) is 0 Å². The fraction of sp³-hybridized carbons (Fsp3) is 0.222. The molecule has 1 heterocycles. The van der Waals surface area contributed by atoms with Crippen molar-refractivity contribution in [3.8, 4) is 0 Å². The number of ketones is 1. The van der Waals surface area contributed by atoms with Crippen molar-refractivity contribution in [3.05, 3.63) is 66.1 Å². The molecule has 0 saturated heterocycles. The van der Waals surface area contributed by atoms with Crippen molar-refractivity contribution in [2.75, 3.05) is 13.1 Å². The van der Waals surface area contributed by atoms with Crippen LogP contribution in [0, 0.1) is 0 Å². The number of thioether (sulfide) groups is 1. The van der Waals surface area contributed by atoms with Crippen LogP contribution in [0.4, 0.5) is 0 Å². The molecule has 0 aliphatic heterocycles. The second-order valence-electron chi connectivity index (χ2n) is 4.76. The number of carbonyl (C=O) groups is 1. The van der Waals surface area contributed by atoms with Crippen molar-refractivity contribution in [2.24, 2.45) is 0 Å². The standard InChI is InChI=1S/C18H19NO2S2/c1-3-19(4-2)18(22)23-17(14-9-6-5-7-10-14)13-15(20)16-11-8-12-21-16/h5-13H,3-4H2,1-2H3. The van der Waals surface area contributed by atoms with E-state index in [1.807, 2.05) is 30.3 Å². The van der Waals surface area contributed by atoms with E-state index in [0.717, 1.165) is 27.9 Å². The van der Waals surface area contributed by atoms with E-state index in [2.05, 4.69) is 18.7 Å². The number of hydrogen-bond acceptors (Lipinski definition) is 4. The molecule has 120 valence electrons. The first kappa shape index (κ1) is 17.5. The van der Waals surface area contributed by atoms with Gasteiger partial charge in [0.05, 0.1) is 6.26 Å². The molecule has 0 saturated carbocycles. The number of carbonyl (C=O) groups excluding carboxylic acids is 1. The first-order valence-electron chi connectivity index (χ1n) is 7.47. The number of allylic oxidation sites excluding steroid dienone is 1. The predicted molar refractivity (Wildman–Crippen MR) is 101 cm³/mol. The van der Waals surface area contributed by atoms with Crippen molar-refractivity contribution in [2.45, 2.75) is 13.8 Å². The average molecular weight is 345 g/mol. The first-order chi connectivity index (χ1) is 11.2. The number of thiocarbonyl (C=S) groups is 1. The number of rotatable bonds is 6. The van der Waals surface area contributed by atoms with Crippen molar-refractivity contribution in [3.63, 3.8) is 0 Å². The Morgan fingerprint density at radius 1 is 1.17 bits per heavy atom. The number of furan rings is 1. The Balaban J connectivity index is 2.29. The molecule has 0 aliphatic rings. The summed E-state index contributed by atoms with van der Waals surface area (Å²) >= 11 is 6.95. The largest absolute Gasteiger partial charge is 0.461 e. The van der Waals surface area contributed by atoms with E-state index in [9.17, 15) is 4.79 Å². The second-order valence-corrected chi connectivity index (χ2v) is 6.43. The minimum Gasteiger partial charge on any atom is -0.461 e. The SMILES string of the molecule is CCN(CC)C(=S)SC(=CC(=O)c1ccco1)c1ccccc1. The molecule has 23 heavy (non-hydrogen) atoms. The lowest BCUT2D eigenvalue weighted by atomic mass is 10.2. The quantitative estimate of drug-likeness (QED) is 0.424. The summed E-state index contributed by atoms with van der Waals surface area (Å²) in [5.41, 5.74) is 0.965. The molecule has 0 N–H and O–H groups in total. The van der Waals surface area contributed by atoms with E-state index in [0.29, 0.717) is 5.76 Å². The molecule has 2 aromatic rings. The van der Waals surface area contributed by atoms with Crippen molar-refractivity contribution < 1.29 is 9.21 Å². The first-order valence-corrected chi connectivity index (χ1v) is 8.69. The number of hydrogen-bond donors (Lipinski definition) is 0. The number of nitrogens with zero attached hydrogens (tertiary/aromatic N) is 1. The normalized spacial score (nSPS) is 11.3. The smallest absolute Gasteiger partial charge is 0.222 e. The zero-order valence-electron chi connectivity index (χ0n) is 13.2. The molecular weight excluding hydrogens is 326 g/mol. The summed E-state index contributed by atoms with van der Waals surface area (Å²) in [6.45, 7) is 5.82. The minimum absolute atomic E-state index is 0.163. The topological polar surface area (TPSA) is 33.5 Å². The van der Waals surface area contributed by atoms with Gasteiger partial charge in [-0.15, -0.1) is 0 Å². The van der Waals surface area contributed by atoms with E-state index in [-0.39, 0.29) is 5.78 Å². The summed E-state index contributed by atoms with van der Waals surface area (Å²) in [5.74, 6) is 0.163. The van der Waals surface area contributed by atoms with Gasteiger partial charge in [-0.05, 0) is 31.5 Å². The Bertz CT molecular complexity index is 674. The number of benzene rings is 1. The van der Waals surface area contributed by atoms with Crippen LogP contribution in [0.3, 0.4) is 0 Å². The Hall–Kier alpha value is -1.85. The summed E-state index contributed by atoms with van der Waals surface area (Å²) in [5, 5.41) is 0. The lowest BCUT2D eigenvalue weighted by Gasteiger charge is -2.21. The Morgan fingerprint density at radius 3 is 2.43 bits per heavy atom. The van der Waals surface area contributed by atoms with Gasteiger partial charge in [-0.3, -0.25) is 4.79 Å². The summed E-state index contributed by atoms with van der Waals surface area (Å²) in [4.78, 5) is 15.3. The van der Waals surface area contributed by atoms with E-state index in [4.69, 9.17) is 16.6 Å². The van der Waals surface area contributed by atoms with Crippen LogP contribution in [-0.4, -0.2) is 28.1 Å². The molecule has 0 radical (unpaired) electrons. The Labute approximate surface area is 146 Å². The van der Waals surface area contributed by atoms with Crippen LogP contribution in [0.15, 0.2) is 59.2 Å². The zero-order chi connectivity index (χ0) is 16.7. The molecule has 0 bridgehead atoms. The van der Waals surface area contributed by atoms with Crippen LogP contribution in [0.2, 0.25) is 0 Å². The zero-order valence-corrected chi connectivity index (χ0v) is 14.8. The van der Waals surface area contributed by atoms with Gasteiger partial charge >= 0.3 is 0 Å². The molecule has 0 amide bonds. The van der Waals surface area contributed by atoms with Gasteiger partial charge in [0.15, 0.2) is 5.76 Å². The van der Waals surface area contributed by atoms with Crippen LogP contribution in [0.5, 0.6) is 0 Å². The van der Waals surface area contributed by atoms with Gasteiger partial charge in [0, 0.05) is 24.1 Å². The van der Waals surface area contributed by atoms with Gasteiger partial charge in [-0.1, -0.05) is 54.3 Å². The maximum absolute atomic E-state index is 12.3.